The molecule has 4 aromatic heterocycles. The number of nitrogens with zero attached hydrogens (tertiary/aromatic N) is 4. The third-order valence-corrected chi connectivity index (χ3v) is 5.76. The van der Waals surface area contributed by atoms with Gasteiger partial charge in [0.15, 0.2) is 5.82 Å². The van der Waals surface area contributed by atoms with E-state index >= 15 is 0 Å². The average Bonchev–Trinajstić information content (AvgIpc) is 2.87. The molecule has 0 aliphatic carbocycles. The van der Waals surface area contributed by atoms with Gasteiger partial charge >= 0.3 is 0 Å². The number of aliphatic hydroxyl groups excluding tert-OH is 2. The maximum atomic E-state index is 13.9. The van der Waals surface area contributed by atoms with Gasteiger partial charge in [-0.3, -0.25) is 19.3 Å². The van der Waals surface area contributed by atoms with Crippen LogP contribution in [0.2, 0.25) is 5.02 Å². The van der Waals surface area contributed by atoms with Gasteiger partial charge in [0.2, 0.25) is 0 Å². The summed E-state index contributed by atoms with van der Waals surface area (Å²) in [6.07, 6.45) is 1.31. The van der Waals surface area contributed by atoms with Gasteiger partial charge in [0, 0.05) is 24.0 Å². The van der Waals surface area contributed by atoms with Crippen LogP contribution in [0.5, 0.6) is 5.75 Å². The predicted molar refractivity (Wildman–Crippen MR) is 128 cm³/mol. The Bertz CT molecular complexity index is 1500. The van der Waals surface area contributed by atoms with Crippen LogP contribution in [0.25, 0.3) is 17.1 Å². The van der Waals surface area contributed by atoms with Crippen LogP contribution in [0.3, 0.4) is 0 Å². The number of hydrogen-bond acceptors (Lipinski definition) is 7. The van der Waals surface area contributed by atoms with Crippen LogP contribution in [-0.2, 0) is 6.61 Å². The molecule has 4 aromatic rings. The third kappa shape index (κ3) is 5.11. The summed E-state index contributed by atoms with van der Waals surface area (Å²) < 4.78 is 33.9. The van der Waals surface area contributed by atoms with Crippen molar-refractivity contribution >= 4 is 11.6 Å². The van der Waals surface area contributed by atoms with Gasteiger partial charge in [-0.2, -0.15) is 0 Å². The molecule has 0 saturated carbocycles. The van der Waals surface area contributed by atoms with Gasteiger partial charge in [-0.15, -0.1) is 0 Å². The standard InChI is InChI=1S/C25H21ClF2N4O4/c1-13-9-29-19(17-4-3-5-18(31-17)22(34)11-33)8-21(13)32-14(2)6-23(24(26)25(32)35)36-12-20-16(28)7-15(27)10-30-20/h3-10,22,33-34H,11-12H2,1-2H3. The Labute approximate surface area is 209 Å². The summed E-state index contributed by atoms with van der Waals surface area (Å²) in [6.45, 7) is 2.62. The number of aromatic nitrogens is 4. The van der Waals surface area contributed by atoms with Crippen LogP contribution in [0.1, 0.15) is 28.7 Å². The van der Waals surface area contributed by atoms with Crippen molar-refractivity contribution in [3.05, 3.63) is 98.4 Å². The van der Waals surface area contributed by atoms with Gasteiger partial charge in [-0.25, -0.2) is 13.8 Å². The number of pyridine rings is 4. The van der Waals surface area contributed by atoms with E-state index in [9.17, 15) is 23.8 Å². The van der Waals surface area contributed by atoms with Gasteiger partial charge in [0.25, 0.3) is 5.56 Å². The van der Waals surface area contributed by atoms with Gasteiger partial charge in [0.1, 0.15) is 35.0 Å². The minimum Gasteiger partial charge on any atom is -0.485 e. The first-order valence-electron chi connectivity index (χ1n) is 10.8. The van der Waals surface area contributed by atoms with Gasteiger partial charge in [0.05, 0.1) is 35.6 Å². The van der Waals surface area contributed by atoms with E-state index in [-0.39, 0.29) is 28.8 Å². The zero-order valence-corrected chi connectivity index (χ0v) is 20.0. The van der Waals surface area contributed by atoms with Gasteiger partial charge < -0.3 is 14.9 Å². The number of aliphatic hydroxyl groups is 2. The summed E-state index contributed by atoms with van der Waals surface area (Å²) in [7, 11) is 0. The molecule has 0 aromatic carbocycles. The SMILES string of the molecule is Cc1cnc(-c2cccc(C(O)CO)n2)cc1-n1c(C)cc(OCc2ncc(F)cc2F)c(Cl)c1=O. The smallest absolute Gasteiger partial charge is 0.277 e. The van der Waals surface area contributed by atoms with E-state index in [2.05, 4.69) is 15.0 Å². The van der Waals surface area contributed by atoms with Crippen molar-refractivity contribution in [3.63, 3.8) is 0 Å². The van der Waals surface area contributed by atoms with Crippen molar-refractivity contribution in [1.29, 1.82) is 0 Å². The van der Waals surface area contributed by atoms with Gasteiger partial charge in [-0.1, -0.05) is 17.7 Å². The molecule has 1 atom stereocenters. The number of rotatable bonds is 7. The molecule has 0 fully saturated rings. The first kappa shape index (κ1) is 25.4. The van der Waals surface area contributed by atoms with E-state index in [0.717, 1.165) is 6.20 Å². The highest BCUT2D eigenvalue weighted by molar-refractivity contribution is 6.31. The predicted octanol–water partition coefficient (Wildman–Crippen LogP) is 3.84. The Hall–Kier alpha value is -3.73. The normalized spacial score (nSPS) is 12.0. The molecule has 8 nitrogen and oxygen atoms in total. The van der Waals surface area contributed by atoms with Crippen LogP contribution in [0.4, 0.5) is 8.78 Å². The highest BCUT2D eigenvalue weighted by Crippen LogP contribution is 2.27. The molecule has 36 heavy (non-hydrogen) atoms. The Balaban J connectivity index is 1.71. The highest BCUT2D eigenvalue weighted by Gasteiger charge is 2.18. The Kier molecular flexibility index (Phi) is 7.39. The van der Waals surface area contributed by atoms with Crippen molar-refractivity contribution < 1.29 is 23.7 Å². The zero-order chi connectivity index (χ0) is 26.0. The van der Waals surface area contributed by atoms with E-state index in [1.807, 2.05) is 0 Å². The van der Waals surface area contributed by atoms with Crippen molar-refractivity contribution in [2.24, 2.45) is 0 Å². The second-order valence-electron chi connectivity index (χ2n) is 7.98. The molecule has 0 spiro atoms. The molecule has 0 amide bonds. The molecule has 186 valence electrons. The Morgan fingerprint density at radius 2 is 1.89 bits per heavy atom. The van der Waals surface area contributed by atoms with Crippen molar-refractivity contribution in [2.45, 2.75) is 26.6 Å². The molecule has 4 rings (SSSR count). The van der Waals surface area contributed by atoms with E-state index in [1.54, 1.807) is 44.3 Å². The molecule has 2 N–H and O–H groups in total. The molecule has 4 heterocycles. The molecular weight excluding hydrogens is 494 g/mol. The largest absolute Gasteiger partial charge is 0.485 e. The lowest BCUT2D eigenvalue weighted by Crippen LogP contribution is -2.23. The summed E-state index contributed by atoms with van der Waals surface area (Å²) in [4.78, 5) is 25.6. The van der Waals surface area contributed by atoms with E-state index in [1.165, 1.54) is 10.6 Å². The van der Waals surface area contributed by atoms with Crippen LogP contribution in [-0.4, -0.2) is 36.3 Å². The van der Waals surface area contributed by atoms with Crippen LogP contribution >= 0.6 is 11.6 Å². The average molecular weight is 515 g/mol. The minimum atomic E-state index is -1.13. The third-order valence-electron chi connectivity index (χ3n) is 5.41. The molecule has 11 heteroatoms. The Morgan fingerprint density at radius 1 is 1.11 bits per heavy atom. The van der Waals surface area contributed by atoms with Crippen molar-refractivity contribution in [2.75, 3.05) is 6.61 Å². The minimum absolute atomic E-state index is 0.0280. The van der Waals surface area contributed by atoms with Crippen molar-refractivity contribution in [1.82, 2.24) is 19.5 Å². The highest BCUT2D eigenvalue weighted by atomic mass is 35.5. The fourth-order valence-electron chi connectivity index (χ4n) is 3.55. The second-order valence-corrected chi connectivity index (χ2v) is 8.36. The van der Waals surface area contributed by atoms with Gasteiger partial charge in [-0.05, 0) is 37.6 Å². The Morgan fingerprint density at radius 3 is 2.61 bits per heavy atom. The molecule has 0 radical (unpaired) electrons. The molecule has 1 unspecified atom stereocenters. The zero-order valence-electron chi connectivity index (χ0n) is 19.2. The monoisotopic (exact) mass is 514 g/mol. The number of hydrogen-bond donors (Lipinski definition) is 2. The topological polar surface area (TPSA) is 110 Å². The first-order chi connectivity index (χ1) is 17.2. The lowest BCUT2D eigenvalue weighted by molar-refractivity contribution is 0.0923. The van der Waals surface area contributed by atoms with Crippen LogP contribution in [0, 0.1) is 25.5 Å². The number of aryl methyl sites for hydroxylation is 2. The fourth-order valence-corrected chi connectivity index (χ4v) is 3.74. The maximum Gasteiger partial charge on any atom is 0.277 e. The van der Waals surface area contributed by atoms with Crippen LogP contribution < -0.4 is 10.3 Å². The van der Waals surface area contributed by atoms with E-state index < -0.39 is 29.9 Å². The summed E-state index contributed by atoms with van der Waals surface area (Å²) in [5, 5.41) is 18.9. The summed E-state index contributed by atoms with van der Waals surface area (Å²) in [5.74, 6) is -1.66. The second kappa shape index (κ2) is 10.5. The quantitative estimate of drug-likeness (QED) is 0.385. The number of ether oxygens (including phenoxy) is 1. The van der Waals surface area contributed by atoms with E-state index in [4.69, 9.17) is 16.3 Å². The molecular formula is C25H21ClF2N4O4. The first-order valence-corrected chi connectivity index (χ1v) is 11.2. The fraction of sp³-hybridized carbons (Fsp3) is 0.200. The summed E-state index contributed by atoms with van der Waals surface area (Å²) in [6, 6.07) is 8.83. The molecule has 0 bridgehead atoms. The number of halogens is 3. The molecule has 0 aliphatic rings. The lowest BCUT2D eigenvalue weighted by atomic mass is 10.1. The van der Waals surface area contributed by atoms with E-state index in [0.29, 0.717) is 34.4 Å². The van der Waals surface area contributed by atoms with Crippen molar-refractivity contribution in [3.8, 4) is 22.8 Å². The van der Waals surface area contributed by atoms with Crippen LogP contribution in [0.15, 0.2) is 53.6 Å². The lowest BCUT2D eigenvalue weighted by Gasteiger charge is -2.17. The summed E-state index contributed by atoms with van der Waals surface area (Å²) in [5.41, 5.74) is 2.10. The molecule has 0 aliphatic heterocycles. The summed E-state index contributed by atoms with van der Waals surface area (Å²) >= 11 is 6.32. The maximum absolute atomic E-state index is 13.9. The molecule has 0 saturated heterocycles.